The lowest BCUT2D eigenvalue weighted by molar-refractivity contribution is 0.349. The van der Waals surface area contributed by atoms with Crippen molar-refractivity contribution in [2.45, 2.75) is 84.6 Å². The summed E-state index contributed by atoms with van der Waals surface area (Å²) in [4.78, 5) is 12.5. The molecule has 0 amide bonds. The number of nitrogens with one attached hydrogen (secondary N) is 2. The third-order valence-electron chi connectivity index (χ3n) is 7.77. The number of aromatic nitrogens is 5. The van der Waals surface area contributed by atoms with Crippen molar-refractivity contribution in [2.75, 3.05) is 0 Å². The molecule has 0 saturated heterocycles. The summed E-state index contributed by atoms with van der Waals surface area (Å²) in [5.41, 5.74) is 8.42. The van der Waals surface area contributed by atoms with Crippen molar-refractivity contribution in [3.05, 3.63) is 59.2 Å². The minimum absolute atomic E-state index is 0.134. The predicted octanol–water partition coefficient (Wildman–Crippen LogP) is 6.69. The van der Waals surface area contributed by atoms with E-state index in [1.165, 1.54) is 0 Å². The van der Waals surface area contributed by atoms with Crippen LogP contribution < -0.4 is 5.32 Å². The van der Waals surface area contributed by atoms with Crippen LogP contribution in [0, 0.1) is 19.7 Å². The lowest BCUT2D eigenvalue weighted by atomic mass is 9.83. The van der Waals surface area contributed by atoms with E-state index in [1.807, 2.05) is 12.4 Å². The summed E-state index contributed by atoms with van der Waals surface area (Å²) >= 11 is 0. The van der Waals surface area contributed by atoms with Gasteiger partial charge in [0.2, 0.25) is 0 Å². The third kappa shape index (κ3) is 4.01. The van der Waals surface area contributed by atoms with Gasteiger partial charge in [0.25, 0.3) is 0 Å². The van der Waals surface area contributed by atoms with E-state index in [0.29, 0.717) is 17.1 Å². The summed E-state index contributed by atoms with van der Waals surface area (Å²) in [5, 5.41) is 8.55. The molecule has 4 aromatic rings. The Labute approximate surface area is 206 Å². The van der Waals surface area contributed by atoms with E-state index in [4.69, 9.17) is 0 Å². The van der Waals surface area contributed by atoms with E-state index in [2.05, 4.69) is 66.6 Å². The summed E-state index contributed by atoms with van der Waals surface area (Å²) in [6.45, 7) is 14.6. The fraction of sp³-hybridized carbons (Fsp3) is 0.464. The van der Waals surface area contributed by atoms with Crippen LogP contribution in [0.4, 0.5) is 4.39 Å². The maximum Gasteiger partial charge on any atom is 0.158 e. The van der Waals surface area contributed by atoms with Gasteiger partial charge in [0.1, 0.15) is 6.33 Å². The Hall–Kier alpha value is -3.22. The lowest BCUT2D eigenvalue weighted by Crippen LogP contribution is -2.32. The van der Waals surface area contributed by atoms with Gasteiger partial charge in [-0.15, -0.1) is 0 Å². The molecule has 1 fully saturated rings. The minimum Gasteiger partial charge on any atom is -0.386 e. The summed E-state index contributed by atoms with van der Waals surface area (Å²) in [6.07, 6.45) is 10.2. The average molecular weight is 475 g/mol. The van der Waals surface area contributed by atoms with Crippen LogP contribution in [-0.4, -0.2) is 30.6 Å². The van der Waals surface area contributed by atoms with E-state index in [0.717, 1.165) is 76.9 Å². The highest BCUT2D eigenvalue weighted by atomic mass is 19.1. The number of halogens is 1. The number of allylic oxidation sites excluding steroid dienone is 1. The van der Waals surface area contributed by atoms with Crippen molar-refractivity contribution < 1.29 is 4.39 Å². The largest absolute Gasteiger partial charge is 0.386 e. The molecule has 4 aromatic heterocycles. The molecule has 2 N–H and O–H groups in total. The molecule has 7 heteroatoms. The van der Waals surface area contributed by atoms with Crippen LogP contribution in [0.15, 0.2) is 31.0 Å². The molecule has 0 spiro atoms. The van der Waals surface area contributed by atoms with Crippen LogP contribution >= 0.6 is 0 Å². The average Bonchev–Trinajstić information content (AvgIpc) is 3.47. The molecular formula is C28H35FN6. The van der Waals surface area contributed by atoms with Crippen molar-refractivity contribution in [3.63, 3.8) is 0 Å². The Balaban J connectivity index is 1.56. The highest BCUT2D eigenvalue weighted by Crippen LogP contribution is 2.41. The van der Waals surface area contributed by atoms with E-state index in [9.17, 15) is 0 Å². The van der Waals surface area contributed by atoms with Crippen molar-refractivity contribution in [1.29, 1.82) is 0 Å². The van der Waals surface area contributed by atoms with E-state index in [1.54, 1.807) is 10.8 Å². The second-order valence-electron chi connectivity index (χ2n) is 10.3. The van der Waals surface area contributed by atoms with Crippen LogP contribution in [0.25, 0.3) is 27.8 Å². The number of nitrogens with zero attached hydrogens (tertiary/aromatic N) is 4. The van der Waals surface area contributed by atoms with E-state index in [-0.39, 0.29) is 17.7 Å². The van der Waals surface area contributed by atoms with Crippen LogP contribution in [0.3, 0.4) is 0 Å². The molecule has 0 unspecified atom stereocenters. The number of aromatic amines is 1. The quantitative estimate of drug-likeness (QED) is 0.326. The molecule has 1 saturated carbocycles. The van der Waals surface area contributed by atoms with Gasteiger partial charge in [0.15, 0.2) is 11.5 Å². The van der Waals surface area contributed by atoms with Gasteiger partial charge in [-0.1, -0.05) is 27.4 Å². The summed E-state index contributed by atoms with van der Waals surface area (Å²) in [6, 6.07) is 0.425. The molecule has 0 aliphatic heterocycles. The van der Waals surface area contributed by atoms with Crippen molar-refractivity contribution in [2.24, 2.45) is 0 Å². The number of pyridine rings is 2. The van der Waals surface area contributed by atoms with Crippen LogP contribution in [0.5, 0.6) is 0 Å². The first-order valence-electron chi connectivity index (χ1n) is 12.7. The highest BCUT2D eigenvalue weighted by molar-refractivity contribution is 5.92. The van der Waals surface area contributed by atoms with Gasteiger partial charge in [0, 0.05) is 34.8 Å². The maximum atomic E-state index is 16.2. The first-order chi connectivity index (χ1) is 16.8. The van der Waals surface area contributed by atoms with Gasteiger partial charge in [0.05, 0.1) is 23.1 Å². The number of aryl methyl sites for hydroxylation is 1. The predicted molar refractivity (Wildman–Crippen MR) is 139 cm³/mol. The van der Waals surface area contributed by atoms with Gasteiger partial charge in [-0.25, -0.2) is 13.9 Å². The summed E-state index contributed by atoms with van der Waals surface area (Å²) < 4.78 is 18.0. The molecule has 6 nitrogen and oxygen atoms in total. The standard InChI is InChI=1S/C28H35FN6/c1-7-16(4)33-20-10-8-19(9-11-20)26-25(29)24-22(12-30-26)34-27(23(24)15(2)3)21-13-35-28(31-14-32-35)18(6)17(21)5/h12-15,19-20,33-34H,4,7-11H2,1-3,5-6H3. The number of hydrogen-bond acceptors (Lipinski definition) is 4. The number of fused-ring (bicyclic) bond motifs is 2. The zero-order valence-electron chi connectivity index (χ0n) is 21.4. The first kappa shape index (κ1) is 23.5. The van der Waals surface area contributed by atoms with Crippen molar-refractivity contribution in [3.8, 4) is 11.3 Å². The second-order valence-corrected chi connectivity index (χ2v) is 10.3. The molecule has 1 aliphatic carbocycles. The van der Waals surface area contributed by atoms with E-state index >= 15 is 4.39 Å². The van der Waals surface area contributed by atoms with Gasteiger partial charge < -0.3 is 10.3 Å². The Bertz CT molecular complexity index is 1400. The third-order valence-corrected chi connectivity index (χ3v) is 7.77. The van der Waals surface area contributed by atoms with E-state index < -0.39 is 0 Å². The zero-order valence-corrected chi connectivity index (χ0v) is 21.4. The Morgan fingerprint density at radius 2 is 1.94 bits per heavy atom. The molecule has 0 radical (unpaired) electrons. The Morgan fingerprint density at radius 3 is 2.63 bits per heavy atom. The van der Waals surface area contributed by atoms with Crippen LogP contribution in [-0.2, 0) is 0 Å². The normalized spacial score (nSPS) is 18.6. The monoisotopic (exact) mass is 474 g/mol. The maximum absolute atomic E-state index is 16.2. The molecule has 184 valence electrons. The SMILES string of the molecule is C=C(CC)NC1CCC(c2ncc3[nH]c(-c4cn5ncnc5c(C)c4C)c(C(C)C)c3c2F)CC1. The molecule has 0 bridgehead atoms. The minimum atomic E-state index is -0.167. The first-order valence-corrected chi connectivity index (χ1v) is 12.7. The summed E-state index contributed by atoms with van der Waals surface area (Å²) in [5.74, 6) is 0.107. The molecule has 0 atom stereocenters. The number of H-pyrrole nitrogens is 1. The molecule has 1 aliphatic rings. The Kier molecular flexibility index (Phi) is 6.11. The van der Waals surface area contributed by atoms with Gasteiger partial charge in [-0.05, 0) is 68.6 Å². The fourth-order valence-electron chi connectivity index (χ4n) is 5.62. The Morgan fingerprint density at radius 1 is 1.20 bits per heavy atom. The van der Waals surface area contributed by atoms with Gasteiger partial charge in [-0.2, -0.15) is 5.10 Å². The van der Waals surface area contributed by atoms with Crippen LogP contribution in [0.2, 0.25) is 0 Å². The van der Waals surface area contributed by atoms with Gasteiger partial charge >= 0.3 is 0 Å². The second kappa shape index (κ2) is 9.10. The molecule has 0 aromatic carbocycles. The highest BCUT2D eigenvalue weighted by Gasteiger charge is 2.29. The zero-order chi connectivity index (χ0) is 24.9. The molecule has 4 heterocycles. The molecule has 35 heavy (non-hydrogen) atoms. The molecular weight excluding hydrogens is 439 g/mol. The van der Waals surface area contributed by atoms with Crippen molar-refractivity contribution >= 4 is 16.6 Å². The summed E-state index contributed by atoms with van der Waals surface area (Å²) in [7, 11) is 0. The fourth-order valence-corrected chi connectivity index (χ4v) is 5.62. The smallest absolute Gasteiger partial charge is 0.158 e. The number of rotatable bonds is 6. The molecule has 5 rings (SSSR count). The van der Waals surface area contributed by atoms with Crippen LogP contribution in [0.1, 0.15) is 87.1 Å². The van der Waals surface area contributed by atoms with Gasteiger partial charge in [-0.3, -0.25) is 4.98 Å². The van der Waals surface area contributed by atoms with Crippen molar-refractivity contribution in [1.82, 2.24) is 29.9 Å². The topological polar surface area (TPSA) is 70.9 Å². The lowest BCUT2D eigenvalue weighted by Gasteiger charge is -2.30. The number of hydrogen-bond donors (Lipinski definition) is 2.